The van der Waals surface area contributed by atoms with Gasteiger partial charge in [0.1, 0.15) is 0 Å². The van der Waals surface area contributed by atoms with E-state index in [9.17, 15) is 4.79 Å². The topological polar surface area (TPSA) is 23.6 Å². The van der Waals surface area contributed by atoms with Crippen LogP contribution in [-0.2, 0) is 4.79 Å². The number of amides is 1. The van der Waals surface area contributed by atoms with Crippen molar-refractivity contribution in [3.63, 3.8) is 0 Å². The van der Waals surface area contributed by atoms with Crippen LogP contribution in [0.2, 0.25) is 0 Å². The minimum Gasteiger partial charge on any atom is -0.342 e. The molecular formula is C15H26N2O. The molecule has 0 bridgehead atoms. The van der Waals surface area contributed by atoms with Crippen LogP contribution < -0.4 is 0 Å². The third kappa shape index (κ3) is 2.56. The molecule has 3 heteroatoms. The molecule has 2 aliphatic carbocycles. The molecule has 2 saturated carbocycles. The number of rotatable bonds is 3. The first-order valence-electron chi connectivity index (χ1n) is 7.57. The van der Waals surface area contributed by atoms with E-state index in [0.717, 1.165) is 30.8 Å². The lowest BCUT2D eigenvalue weighted by Gasteiger charge is -2.34. The van der Waals surface area contributed by atoms with Crippen LogP contribution in [0.25, 0.3) is 0 Å². The Morgan fingerprint density at radius 2 is 1.72 bits per heavy atom. The summed E-state index contributed by atoms with van der Waals surface area (Å²) in [4.78, 5) is 16.8. The second-order valence-corrected chi connectivity index (χ2v) is 6.96. The van der Waals surface area contributed by atoms with Gasteiger partial charge in [-0.25, -0.2) is 0 Å². The van der Waals surface area contributed by atoms with E-state index in [1.165, 1.54) is 38.6 Å². The van der Waals surface area contributed by atoms with E-state index in [0.29, 0.717) is 11.8 Å². The van der Waals surface area contributed by atoms with Crippen molar-refractivity contribution in [1.82, 2.24) is 9.80 Å². The Hall–Kier alpha value is -0.570. The lowest BCUT2D eigenvalue weighted by Crippen LogP contribution is -2.43. The van der Waals surface area contributed by atoms with Gasteiger partial charge in [-0.05, 0) is 64.0 Å². The highest BCUT2D eigenvalue weighted by Gasteiger charge is 2.48. The van der Waals surface area contributed by atoms with E-state index in [2.05, 4.69) is 23.9 Å². The van der Waals surface area contributed by atoms with Gasteiger partial charge in [-0.3, -0.25) is 4.79 Å². The molecule has 3 aliphatic rings. The van der Waals surface area contributed by atoms with E-state index >= 15 is 0 Å². The summed E-state index contributed by atoms with van der Waals surface area (Å²) in [6.45, 7) is 3.18. The van der Waals surface area contributed by atoms with Crippen molar-refractivity contribution in [2.45, 2.75) is 32.1 Å². The predicted molar refractivity (Wildman–Crippen MR) is 72.2 cm³/mol. The third-order valence-electron chi connectivity index (χ3n) is 5.14. The lowest BCUT2D eigenvalue weighted by molar-refractivity contribution is -0.137. The Morgan fingerprint density at radius 3 is 2.28 bits per heavy atom. The molecule has 1 heterocycles. The van der Waals surface area contributed by atoms with Crippen LogP contribution >= 0.6 is 0 Å². The largest absolute Gasteiger partial charge is 0.342 e. The molecule has 1 saturated heterocycles. The molecule has 0 spiro atoms. The SMILES string of the molecule is CN(C)CC1CCN(C(=O)C2CC3CC3C2)CC1. The Morgan fingerprint density at radius 1 is 1.11 bits per heavy atom. The summed E-state index contributed by atoms with van der Waals surface area (Å²) < 4.78 is 0. The van der Waals surface area contributed by atoms with Crippen LogP contribution in [0.4, 0.5) is 0 Å². The summed E-state index contributed by atoms with van der Waals surface area (Å²) in [6.07, 6.45) is 6.20. The van der Waals surface area contributed by atoms with Crippen molar-refractivity contribution < 1.29 is 4.79 Å². The molecule has 102 valence electrons. The number of piperidine rings is 1. The zero-order chi connectivity index (χ0) is 12.7. The van der Waals surface area contributed by atoms with Crippen LogP contribution in [0.3, 0.4) is 0 Å². The number of fused-ring (bicyclic) bond motifs is 1. The molecule has 3 fully saturated rings. The number of hydrogen-bond donors (Lipinski definition) is 0. The standard InChI is InChI=1S/C15H26N2O/c1-16(2)10-11-3-5-17(6-4-11)15(18)14-8-12-7-13(12)9-14/h11-14H,3-10H2,1-2H3. The van der Waals surface area contributed by atoms with E-state index in [1.807, 2.05) is 0 Å². The first-order valence-corrected chi connectivity index (χ1v) is 7.57. The zero-order valence-electron chi connectivity index (χ0n) is 11.8. The van der Waals surface area contributed by atoms with Crippen LogP contribution in [0.5, 0.6) is 0 Å². The van der Waals surface area contributed by atoms with Crippen LogP contribution in [0, 0.1) is 23.7 Å². The smallest absolute Gasteiger partial charge is 0.225 e. The number of carbonyl (C=O) groups excluding carboxylic acids is 1. The summed E-state index contributed by atoms with van der Waals surface area (Å²) >= 11 is 0. The van der Waals surface area contributed by atoms with Gasteiger partial charge >= 0.3 is 0 Å². The molecule has 1 amide bonds. The average molecular weight is 250 g/mol. The van der Waals surface area contributed by atoms with Crippen molar-refractivity contribution in [2.24, 2.45) is 23.7 Å². The summed E-state index contributed by atoms with van der Waals surface area (Å²) in [5.41, 5.74) is 0. The summed E-state index contributed by atoms with van der Waals surface area (Å²) in [5, 5.41) is 0. The van der Waals surface area contributed by atoms with Crippen LogP contribution in [0.1, 0.15) is 32.1 Å². The van der Waals surface area contributed by atoms with Gasteiger partial charge in [0.15, 0.2) is 0 Å². The first kappa shape index (κ1) is 12.5. The minimum absolute atomic E-state index is 0.388. The highest BCUT2D eigenvalue weighted by Crippen LogP contribution is 2.54. The molecule has 1 aliphatic heterocycles. The molecular weight excluding hydrogens is 224 g/mol. The van der Waals surface area contributed by atoms with Gasteiger partial charge in [-0.2, -0.15) is 0 Å². The fourth-order valence-electron chi connectivity index (χ4n) is 4.03. The lowest BCUT2D eigenvalue weighted by atomic mass is 9.94. The van der Waals surface area contributed by atoms with E-state index in [1.54, 1.807) is 0 Å². The monoisotopic (exact) mass is 250 g/mol. The number of likely N-dealkylation sites (tertiary alicyclic amines) is 1. The van der Waals surface area contributed by atoms with Gasteiger partial charge in [0.2, 0.25) is 5.91 Å². The second-order valence-electron chi connectivity index (χ2n) is 6.96. The molecule has 0 N–H and O–H groups in total. The quantitative estimate of drug-likeness (QED) is 0.763. The van der Waals surface area contributed by atoms with Crippen molar-refractivity contribution in [1.29, 1.82) is 0 Å². The fraction of sp³-hybridized carbons (Fsp3) is 0.933. The minimum atomic E-state index is 0.388. The van der Waals surface area contributed by atoms with Gasteiger partial charge in [0, 0.05) is 25.6 Å². The van der Waals surface area contributed by atoms with Gasteiger partial charge in [0.05, 0.1) is 0 Å². The van der Waals surface area contributed by atoms with Gasteiger partial charge < -0.3 is 9.80 Å². The molecule has 18 heavy (non-hydrogen) atoms. The van der Waals surface area contributed by atoms with Crippen LogP contribution in [0.15, 0.2) is 0 Å². The highest BCUT2D eigenvalue weighted by atomic mass is 16.2. The van der Waals surface area contributed by atoms with Crippen molar-refractivity contribution in [3.8, 4) is 0 Å². The maximum absolute atomic E-state index is 12.4. The van der Waals surface area contributed by atoms with E-state index in [4.69, 9.17) is 0 Å². The second kappa shape index (κ2) is 4.84. The molecule has 3 nitrogen and oxygen atoms in total. The summed E-state index contributed by atoms with van der Waals surface area (Å²) in [6, 6.07) is 0. The molecule has 0 aromatic rings. The van der Waals surface area contributed by atoms with E-state index < -0.39 is 0 Å². The van der Waals surface area contributed by atoms with Crippen molar-refractivity contribution in [3.05, 3.63) is 0 Å². The maximum Gasteiger partial charge on any atom is 0.225 e. The molecule has 2 unspecified atom stereocenters. The van der Waals surface area contributed by atoms with Gasteiger partial charge in [0.25, 0.3) is 0 Å². The average Bonchev–Trinajstić information content (AvgIpc) is 2.95. The Balaban J connectivity index is 1.45. The third-order valence-corrected chi connectivity index (χ3v) is 5.14. The zero-order valence-corrected chi connectivity index (χ0v) is 11.8. The maximum atomic E-state index is 12.4. The Bertz CT molecular complexity index is 310. The first-order chi connectivity index (χ1) is 8.63. The molecule has 2 atom stereocenters. The van der Waals surface area contributed by atoms with Gasteiger partial charge in [-0.1, -0.05) is 0 Å². The normalized spacial score (nSPS) is 35.9. The molecule has 3 rings (SSSR count). The molecule has 0 aromatic carbocycles. The Labute approximate surface area is 111 Å². The van der Waals surface area contributed by atoms with Gasteiger partial charge in [-0.15, -0.1) is 0 Å². The molecule has 0 radical (unpaired) electrons. The van der Waals surface area contributed by atoms with E-state index in [-0.39, 0.29) is 0 Å². The summed E-state index contributed by atoms with van der Waals surface area (Å²) in [5.74, 6) is 3.50. The summed E-state index contributed by atoms with van der Waals surface area (Å²) in [7, 11) is 4.28. The highest BCUT2D eigenvalue weighted by molar-refractivity contribution is 5.79. The van der Waals surface area contributed by atoms with Crippen molar-refractivity contribution >= 4 is 5.91 Å². The number of nitrogens with zero attached hydrogens (tertiary/aromatic N) is 2. The number of hydrogen-bond acceptors (Lipinski definition) is 2. The van der Waals surface area contributed by atoms with Crippen molar-refractivity contribution in [2.75, 3.05) is 33.7 Å². The van der Waals surface area contributed by atoms with Crippen LogP contribution in [-0.4, -0.2) is 49.4 Å². The number of carbonyl (C=O) groups is 1. The Kier molecular flexibility index (Phi) is 3.35. The predicted octanol–water partition coefficient (Wildman–Crippen LogP) is 1.83. The fourth-order valence-corrected chi connectivity index (χ4v) is 4.03. The molecule has 0 aromatic heterocycles.